The lowest BCUT2D eigenvalue weighted by atomic mass is 10.1. The van der Waals surface area contributed by atoms with Gasteiger partial charge in [-0.15, -0.1) is 0 Å². The smallest absolute Gasteiger partial charge is 0.138 e. The quantitative estimate of drug-likeness (QED) is 0.233. The van der Waals surface area contributed by atoms with Crippen LogP contribution in [0, 0.1) is 24.6 Å². The summed E-state index contributed by atoms with van der Waals surface area (Å²) in [6.07, 6.45) is 0.442. The summed E-state index contributed by atoms with van der Waals surface area (Å²) < 4.78 is 13.2. The molecule has 3 nitrogen and oxygen atoms in total. The summed E-state index contributed by atoms with van der Waals surface area (Å²) in [6.45, 7) is 2.20. The summed E-state index contributed by atoms with van der Waals surface area (Å²) in [5, 5.41) is 3.33. The van der Waals surface area contributed by atoms with Crippen molar-refractivity contribution in [1.29, 1.82) is 0 Å². The molecule has 0 aliphatic heterocycles. The van der Waals surface area contributed by atoms with E-state index < -0.39 is 0 Å². The highest BCUT2D eigenvalue weighted by atomic mass is 19.1. The van der Waals surface area contributed by atoms with Gasteiger partial charge in [0.15, 0.2) is 0 Å². The fourth-order valence-electron chi connectivity index (χ4n) is 1.04. The maximum absolute atomic E-state index is 13.2. The van der Waals surface area contributed by atoms with E-state index in [4.69, 9.17) is 5.53 Å². The van der Waals surface area contributed by atoms with Crippen LogP contribution in [0.2, 0.25) is 0 Å². The molecule has 0 fully saturated rings. The number of rotatable bonds is 2. The number of azide groups is 1. The van der Waals surface area contributed by atoms with Crippen LogP contribution in [0.15, 0.2) is 23.3 Å². The number of halogens is 1. The van der Waals surface area contributed by atoms with Crippen molar-refractivity contribution in [2.45, 2.75) is 13.3 Å². The van der Waals surface area contributed by atoms with E-state index in [0.29, 0.717) is 18.5 Å². The third-order valence-corrected chi connectivity index (χ3v) is 1.74. The number of nitrogens with zero attached hydrogens (tertiary/aromatic N) is 3. The molecule has 0 amide bonds. The average molecular weight is 203 g/mol. The molecule has 76 valence electrons. The molecule has 0 bridgehead atoms. The van der Waals surface area contributed by atoms with E-state index >= 15 is 0 Å². The maximum atomic E-state index is 13.2. The first-order valence-electron chi connectivity index (χ1n) is 4.50. The van der Waals surface area contributed by atoms with Crippen LogP contribution in [0.4, 0.5) is 4.39 Å². The number of hydrogen-bond donors (Lipinski definition) is 0. The highest BCUT2D eigenvalue weighted by molar-refractivity contribution is 5.38. The number of hydrogen-bond acceptors (Lipinski definition) is 1. The zero-order chi connectivity index (χ0) is 11.1. The molecule has 4 heteroatoms. The molecule has 1 aromatic carbocycles. The Bertz CT molecular complexity index is 451. The molecule has 1 aromatic rings. The van der Waals surface area contributed by atoms with Gasteiger partial charge in [0.05, 0.1) is 5.56 Å². The van der Waals surface area contributed by atoms with Gasteiger partial charge in [-0.25, -0.2) is 4.39 Å². The van der Waals surface area contributed by atoms with Crippen molar-refractivity contribution in [3.05, 3.63) is 45.6 Å². The Kier molecular flexibility index (Phi) is 4.21. The fourth-order valence-corrected chi connectivity index (χ4v) is 1.04. The first-order valence-corrected chi connectivity index (χ1v) is 4.50. The molecular weight excluding hydrogens is 193 g/mol. The van der Waals surface area contributed by atoms with E-state index in [1.165, 1.54) is 6.07 Å². The van der Waals surface area contributed by atoms with E-state index in [0.717, 1.165) is 5.56 Å². The molecule has 0 atom stereocenters. The molecule has 0 N–H and O–H groups in total. The first-order chi connectivity index (χ1) is 7.24. The normalized spacial score (nSPS) is 8.67. The van der Waals surface area contributed by atoms with Gasteiger partial charge in [0.25, 0.3) is 0 Å². The Morgan fingerprint density at radius 2 is 2.33 bits per heavy atom. The van der Waals surface area contributed by atoms with Crippen LogP contribution < -0.4 is 0 Å². The van der Waals surface area contributed by atoms with E-state index in [1.807, 2.05) is 6.92 Å². The molecule has 0 aliphatic rings. The first kappa shape index (κ1) is 11.1. The Labute approximate surface area is 87.6 Å². The van der Waals surface area contributed by atoms with Gasteiger partial charge >= 0.3 is 0 Å². The lowest BCUT2D eigenvalue weighted by Crippen LogP contribution is -1.84. The lowest BCUT2D eigenvalue weighted by molar-refractivity contribution is 0.624. The molecule has 0 aliphatic carbocycles. The predicted molar refractivity (Wildman–Crippen MR) is 56.6 cm³/mol. The maximum Gasteiger partial charge on any atom is 0.138 e. The van der Waals surface area contributed by atoms with Crippen LogP contribution in [0.5, 0.6) is 0 Å². The van der Waals surface area contributed by atoms with Gasteiger partial charge in [0.2, 0.25) is 0 Å². The summed E-state index contributed by atoms with van der Waals surface area (Å²) >= 11 is 0. The van der Waals surface area contributed by atoms with Gasteiger partial charge in [0.1, 0.15) is 5.82 Å². The summed E-state index contributed by atoms with van der Waals surface area (Å²) in [4.78, 5) is 2.60. The molecular formula is C11H10FN3. The van der Waals surface area contributed by atoms with Crippen molar-refractivity contribution in [2.24, 2.45) is 5.11 Å². The monoisotopic (exact) mass is 203 g/mol. The van der Waals surface area contributed by atoms with Gasteiger partial charge < -0.3 is 0 Å². The van der Waals surface area contributed by atoms with Crippen molar-refractivity contribution in [3.63, 3.8) is 0 Å². The average Bonchev–Trinajstić information content (AvgIpc) is 2.23. The molecule has 0 unspecified atom stereocenters. The SMILES string of the molecule is Cc1ccc(F)c(C#CCCN=[N+]=[N-])c1. The van der Waals surface area contributed by atoms with E-state index in [-0.39, 0.29) is 5.82 Å². The zero-order valence-electron chi connectivity index (χ0n) is 8.37. The molecule has 0 heterocycles. The van der Waals surface area contributed by atoms with Crippen molar-refractivity contribution < 1.29 is 4.39 Å². The van der Waals surface area contributed by atoms with Crippen LogP contribution in [-0.2, 0) is 0 Å². The predicted octanol–water partition coefficient (Wildman–Crippen LogP) is 3.19. The number of benzene rings is 1. The topological polar surface area (TPSA) is 48.8 Å². The third-order valence-electron chi connectivity index (χ3n) is 1.74. The highest BCUT2D eigenvalue weighted by Crippen LogP contribution is 2.08. The second kappa shape index (κ2) is 5.69. The molecule has 1 rings (SSSR count). The summed E-state index contributed by atoms with van der Waals surface area (Å²) in [6, 6.07) is 4.78. The minimum atomic E-state index is -0.322. The second-order valence-corrected chi connectivity index (χ2v) is 2.99. The fraction of sp³-hybridized carbons (Fsp3) is 0.273. The van der Waals surface area contributed by atoms with Crippen LogP contribution in [0.3, 0.4) is 0 Å². The summed E-state index contributed by atoms with van der Waals surface area (Å²) in [5.74, 6) is 5.13. The van der Waals surface area contributed by atoms with E-state index in [2.05, 4.69) is 21.9 Å². The van der Waals surface area contributed by atoms with Crippen LogP contribution >= 0.6 is 0 Å². The van der Waals surface area contributed by atoms with Crippen molar-refractivity contribution in [1.82, 2.24) is 0 Å². The molecule has 0 aromatic heterocycles. The summed E-state index contributed by atoms with van der Waals surface area (Å²) in [7, 11) is 0. The largest absolute Gasteiger partial charge is 0.206 e. The zero-order valence-corrected chi connectivity index (χ0v) is 8.37. The Morgan fingerprint density at radius 3 is 3.07 bits per heavy atom. The Morgan fingerprint density at radius 1 is 1.53 bits per heavy atom. The summed E-state index contributed by atoms with van der Waals surface area (Å²) in [5.41, 5.74) is 9.37. The van der Waals surface area contributed by atoms with Crippen molar-refractivity contribution in [3.8, 4) is 11.8 Å². The lowest BCUT2D eigenvalue weighted by Gasteiger charge is -1.95. The van der Waals surface area contributed by atoms with Gasteiger partial charge in [-0.3, -0.25) is 0 Å². The molecule has 0 radical (unpaired) electrons. The molecule has 0 saturated carbocycles. The highest BCUT2D eigenvalue weighted by Gasteiger charge is 1.97. The number of aryl methyl sites for hydroxylation is 1. The van der Waals surface area contributed by atoms with E-state index in [1.54, 1.807) is 12.1 Å². The van der Waals surface area contributed by atoms with Crippen molar-refractivity contribution in [2.75, 3.05) is 6.54 Å². The van der Waals surface area contributed by atoms with Crippen LogP contribution in [0.1, 0.15) is 17.5 Å². The molecule has 15 heavy (non-hydrogen) atoms. The standard InChI is InChI=1S/C11H10FN3/c1-9-5-6-11(12)10(8-9)4-2-3-7-14-15-13/h5-6,8H,3,7H2,1H3. The second-order valence-electron chi connectivity index (χ2n) is 2.99. The van der Waals surface area contributed by atoms with Gasteiger partial charge in [-0.2, -0.15) is 0 Å². The van der Waals surface area contributed by atoms with Crippen LogP contribution in [-0.4, -0.2) is 6.54 Å². The van der Waals surface area contributed by atoms with Crippen molar-refractivity contribution >= 4 is 0 Å². The van der Waals surface area contributed by atoms with Gasteiger partial charge in [-0.1, -0.05) is 23.0 Å². The Balaban J connectivity index is 2.70. The van der Waals surface area contributed by atoms with E-state index in [9.17, 15) is 4.39 Å². The minimum Gasteiger partial charge on any atom is -0.206 e. The van der Waals surface area contributed by atoms with Gasteiger partial charge in [0, 0.05) is 17.9 Å². The Hall–Kier alpha value is -1.98. The molecule has 0 spiro atoms. The third kappa shape index (κ3) is 3.72. The van der Waals surface area contributed by atoms with Gasteiger partial charge in [-0.05, 0) is 30.2 Å². The molecule has 0 saturated heterocycles. The van der Waals surface area contributed by atoms with Crippen LogP contribution in [0.25, 0.3) is 10.4 Å². The minimum absolute atomic E-state index is 0.316.